The first-order valence-electron chi connectivity index (χ1n) is 8.57. The Morgan fingerprint density at radius 3 is 2.50 bits per heavy atom. The summed E-state index contributed by atoms with van der Waals surface area (Å²) >= 11 is 0. The van der Waals surface area contributed by atoms with Crippen LogP contribution in [0.5, 0.6) is 0 Å². The first-order chi connectivity index (χ1) is 12.7. The second kappa shape index (κ2) is 8.21. The van der Waals surface area contributed by atoms with Crippen molar-refractivity contribution in [2.75, 3.05) is 6.54 Å². The Kier molecular flexibility index (Phi) is 5.54. The molecule has 0 saturated heterocycles. The zero-order chi connectivity index (χ0) is 18.4. The molecule has 0 saturated carbocycles. The predicted molar refractivity (Wildman–Crippen MR) is 103 cm³/mol. The van der Waals surface area contributed by atoms with Gasteiger partial charge in [-0.3, -0.25) is 9.78 Å². The number of nitrogens with zero attached hydrogens (tertiary/aromatic N) is 2. The van der Waals surface area contributed by atoms with E-state index >= 15 is 0 Å². The molecule has 130 valence electrons. The quantitative estimate of drug-likeness (QED) is 0.501. The molecule has 1 unspecified atom stereocenters. The van der Waals surface area contributed by atoms with Crippen LogP contribution in [0.3, 0.4) is 0 Å². The molecule has 0 bridgehead atoms. The molecular formula is C22H20N2O2. The van der Waals surface area contributed by atoms with Crippen molar-refractivity contribution in [1.29, 1.82) is 0 Å². The summed E-state index contributed by atoms with van der Waals surface area (Å²) in [5.41, 5.74) is 2.31. The zero-order valence-corrected chi connectivity index (χ0v) is 14.6. The second-order valence-corrected chi connectivity index (χ2v) is 5.88. The minimum atomic E-state index is -0.711. The summed E-state index contributed by atoms with van der Waals surface area (Å²) in [4.78, 5) is 30.5. The van der Waals surface area contributed by atoms with Gasteiger partial charge in [-0.15, -0.1) is 0 Å². The van der Waals surface area contributed by atoms with Gasteiger partial charge in [-0.25, -0.2) is 0 Å². The maximum Gasteiger partial charge on any atom is 0.247 e. The number of hydrogen-bond donors (Lipinski definition) is 0. The Labute approximate surface area is 152 Å². The normalized spacial score (nSPS) is 12.2. The van der Waals surface area contributed by atoms with Crippen molar-refractivity contribution in [1.82, 2.24) is 9.88 Å². The molecule has 0 spiro atoms. The third-order valence-electron chi connectivity index (χ3n) is 4.23. The fraction of sp³-hybridized carbons (Fsp3) is 0.136. The van der Waals surface area contributed by atoms with E-state index in [9.17, 15) is 9.59 Å². The fourth-order valence-electron chi connectivity index (χ4n) is 2.87. The summed E-state index contributed by atoms with van der Waals surface area (Å²) < 4.78 is 0. The lowest BCUT2D eigenvalue weighted by Gasteiger charge is -2.25. The highest BCUT2D eigenvalue weighted by Gasteiger charge is 2.23. The third-order valence-corrected chi connectivity index (χ3v) is 4.23. The van der Waals surface area contributed by atoms with Crippen molar-refractivity contribution in [2.24, 2.45) is 0 Å². The molecule has 1 amide bonds. The number of benzene rings is 2. The van der Waals surface area contributed by atoms with E-state index in [1.165, 1.54) is 11.0 Å². The van der Waals surface area contributed by atoms with Gasteiger partial charge in [-0.2, -0.15) is 0 Å². The minimum Gasteiger partial charge on any atom is -0.324 e. The number of hydrogen-bond acceptors (Lipinski definition) is 3. The maximum atomic E-state index is 12.6. The van der Waals surface area contributed by atoms with E-state index in [-0.39, 0.29) is 5.91 Å². The van der Waals surface area contributed by atoms with Gasteiger partial charge in [0.25, 0.3) is 0 Å². The molecule has 26 heavy (non-hydrogen) atoms. The second-order valence-electron chi connectivity index (χ2n) is 5.88. The van der Waals surface area contributed by atoms with E-state index in [1.807, 2.05) is 67.6 Å². The van der Waals surface area contributed by atoms with Crippen molar-refractivity contribution in [2.45, 2.75) is 13.0 Å². The minimum absolute atomic E-state index is 0.219. The van der Waals surface area contributed by atoms with Gasteiger partial charge < -0.3 is 9.69 Å². The first-order valence-corrected chi connectivity index (χ1v) is 8.57. The molecule has 0 aliphatic rings. The van der Waals surface area contributed by atoms with Crippen molar-refractivity contribution < 1.29 is 9.59 Å². The van der Waals surface area contributed by atoms with Crippen molar-refractivity contribution in [3.63, 3.8) is 0 Å². The molecule has 3 rings (SSSR count). The molecule has 0 N–H and O–H groups in total. The van der Waals surface area contributed by atoms with E-state index in [1.54, 1.807) is 12.1 Å². The van der Waals surface area contributed by atoms with Crippen LogP contribution in [0.25, 0.3) is 17.0 Å². The van der Waals surface area contributed by atoms with Crippen LogP contribution >= 0.6 is 0 Å². The van der Waals surface area contributed by atoms with E-state index in [0.29, 0.717) is 12.2 Å². The molecule has 3 aromatic rings. The van der Waals surface area contributed by atoms with Crippen LogP contribution in [-0.4, -0.2) is 28.6 Å². The van der Waals surface area contributed by atoms with E-state index in [0.717, 1.165) is 22.8 Å². The molecular weight excluding hydrogens is 324 g/mol. The lowest BCUT2D eigenvalue weighted by atomic mass is 10.1. The zero-order valence-electron chi connectivity index (χ0n) is 14.6. The fourth-order valence-corrected chi connectivity index (χ4v) is 2.87. The molecule has 0 fully saturated rings. The number of aldehydes is 1. The van der Waals surface area contributed by atoms with Gasteiger partial charge in [0.05, 0.1) is 11.2 Å². The Bertz CT molecular complexity index is 935. The van der Waals surface area contributed by atoms with E-state index in [4.69, 9.17) is 0 Å². The average Bonchev–Trinajstić information content (AvgIpc) is 2.70. The maximum absolute atomic E-state index is 12.6. The number of amides is 1. The van der Waals surface area contributed by atoms with Crippen LogP contribution in [0.1, 0.15) is 24.2 Å². The number of para-hydroxylation sites is 1. The van der Waals surface area contributed by atoms with E-state index in [2.05, 4.69) is 4.98 Å². The molecule has 0 radical (unpaired) electrons. The summed E-state index contributed by atoms with van der Waals surface area (Å²) in [6.45, 7) is 2.27. The topological polar surface area (TPSA) is 50.3 Å². The van der Waals surface area contributed by atoms with Gasteiger partial charge >= 0.3 is 0 Å². The summed E-state index contributed by atoms with van der Waals surface area (Å²) in [5.74, 6) is -0.219. The van der Waals surface area contributed by atoms with Crippen LogP contribution in [0, 0.1) is 0 Å². The highest BCUT2D eigenvalue weighted by atomic mass is 16.2. The van der Waals surface area contributed by atoms with Crippen molar-refractivity contribution >= 4 is 29.2 Å². The molecule has 4 heteroatoms. The van der Waals surface area contributed by atoms with Gasteiger partial charge in [0.15, 0.2) is 0 Å². The van der Waals surface area contributed by atoms with Crippen LogP contribution in [0.4, 0.5) is 0 Å². The molecule has 2 aromatic carbocycles. The Balaban J connectivity index is 1.86. The van der Waals surface area contributed by atoms with Gasteiger partial charge in [0.1, 0.15) is 12.3 Å². The summed E-state index contributed by atoms with van der Waals surface area (Å²) in [6.07, 6.45) is 4.02. The van der Waals surface area contributed by atoms with Gasteiger partial charge in [-0.1, -0.05) is 54.6 Å². The molecule has 1 atom stereocenters. The number of likely N-dealkylation sites (N-methyl/N-ethyl adjacent to an activating group) is 1. The molecule has 0 aliphatic carbocycles. The summed E-state index contributed by atoms with van der Waals surface area (Å²) in [7, 11) is 0. The number of carbonyl (C=O) groups excluding carboxylic acids is 2. The van der Waals surface area contributed by atoms with Crippen LogP contribution in [0.15, 0.2) is 72.8 Å². The molecule has 4 nitrogen and oxygen atoms in total. The molecule has 1 aromatic heterocycles. The van der Waals surface area contributed by atoms with Gasteiger partial charge in [0, 0.05) is 18.0 Å². The summed E-state index contributed by atoms with van der Waals surface area (Å²) in [6, 6.07) is 20.3. The third kappa shape index (κ3) is 3.86. The first kappa shape index (κ1) is 17.5. The number of fused-ring (bicyclic) bond motifs is 1. The van der Waals surface area contributed by atoms with Crippen molar-refractivity contribution in [3.05, 3.63) is 84.1 Å². The van der Waals surface area contributed by atoms with Crippen LogP contribution < -0.4 is 0 Å². The predicted octanol–water partition coefficient (Wildman–Crippen LogP) is 4.04. The highest BCUT2D eigenvalue weighted by molar-refractivity contribution is 5.93. The molecule has 0 aliphatic heterocycles. The van der Waals surface area contributed by atoms with Gasteiger partial charge in [0.2, 0.25) is 5.91 Å². The van der Waals surface area contributed by atoms with Crippen LogP contribution in [0.2, 0.25) is 0 Å². The monoisotopic (exact) mass is 344 g/mol. The standard InChI is InChI=1S/C22H20N2O2/c1-2-24(22(26)15-12-17-8-4-3-5-9-17)21(16-25)20-14-13-18-10-6-7-11-19(18)23-20/h3-16,21H,2H2,1H3. The Morgan fingerprint density at radius 1 is 1.04 bits per heavy atom. The lowest BCUT2D eigenvalue weighted by molar-refractivity contribution is -0.131. The lowest BCUT2D eigenvalue weighted by Crippen LogP contribution is -2.34. The SMILES string of the molecule is CCN(C(=O)C=Cc1ccccc1)C(C=O)c1ccc2ccccc2n1. The largest absolute Gasteiger partial charge is 0.324 e. The van der Waals surface area contributed by atoms with Gasteiger partial charge in [-0.05, 0) is 30.7 Å². The Hall–Kier alpha value is -3.27. The smallest absolute Gasteiger partial charge is 0.247 e. The Morgan fingerprint density at radius 2 is 1.77 bits per heavy atom. The number of pyridine rings is 1. The summed E-state index contributed by atoms with van der Waals surface area (Å²) in [5, 5.41) is 0.999. The van der Waals surface area contributed by atoms with Crippen molar-refractivity contribution in [3.8, 4) is 0 Å². The van der Waals surface area contributed by atoms with Crippen LogP contribution in [-0.2, 0) is 9.59 Å². The highest BCUT2D eigenvalue weighted by Crippen LogP contribution is 2.21. The average molecular weight is 344 g/mol. The molecule has 1 heterocycles. The number of rotatable bonds is 6. The number of aromatic nitrogens is 1. The number of carbonyl (C=O) groups is 2. The van der Waals surface area contributed by atoms with E-state index < -0.39 is 6.04 Å².